The Morgan fingerprint density at radius 2 is 1.71 bits per heavy atom. The molecule has 0 atom stereocenters. The zero-order valence-electron chi connectivity index (χ0n) is 7.24. The van der Waals surface area contributed by atoms with Crippen molar-refractivity contribution in [1.29, 1.82) is 0 Å². The molecule has 72 valence electrons. The molecule has 2 nitrogen and oxygen atoms in total. The number of rotatable bonds is 0. The average molecular weight is 327 g/mol. The van der Waals surface area contributed by atoms with Crippen LogP contribution >= 0.6 is 0 Å². The molecule has 1 heterocycles. The molecular formula is C9H7AlCuNOZr. The molecule has 0 unspecified atom stereocenters. The minimum absolute atomic E-state index is 0. The molecule has 0 bridgehead atoms. The van der Waals surface area contributed by atoms with Crippen molar-refractivity contribution < 1.29 is 48.4 Å². The third-order valence-electron chi connectivity index (χ3n) is 1.61. The first-order valence-corrected chi connectivity index (χ1v) is 3.40. The van der Waals surface area contributed by atoms with Crippen molar-refractivity contribution in [2.75, 3.05) is 0 Å². The van der Waals surface area contributed by atoms with Gasteiger partial charge in [-0.15, -0.1) is 0 Å². The molecule has 5 heteroatoms. The fraction of sp³-hybridized carbons (Fsp3) is 0. The van der Waals surface area contributed by atoms with E-state index in [1.165, 1.54) is 0 Å². The standard InChI is InChI=1S/C9H7NO.Al.Cu.Zr/c11-8-5-1-3-7-4-2-6-10-9(7)8;;;/h1-6,11H;;;. The van der Waals surface area contributed by atoms with E-state index in [2.05, 4.69) is 4.98 Å². The molecule has 0 aliphatic carbocycles. The molecule has 4 radical (unpaired) electrons. The van der Waals surface area contributed by atoms with Gasteiger partial charge in [-0.05, 0) is 12.1 Å². The summed E-state index contributed by atoms with van der Waals surface area (Å²) in [7, 11) is 0. The van der Waals surface area contributed by atoms with Crippen LogP contribution in [0.4, 0.5) is 0 Å². The van der Waals surface area contributed by atoms with Gasteiger partial charge in [0.15, 0.2) is 0 Å². The van der Waals surface area contributed by atoms with Gasteiger partial charge in [0.05, 0.1) is 0 Å². The first-order chi connectivity index (χ1) is 5.38. The summed E-state index contributed by atoms with van der Waals surface area (Å²) >= 11 is 0. The van der Waals surface area contributed by atoms with Gasteiger partial charge >= 0.3 is 0 Å². The molecule has 0 aliphatic rings. The third-order valence-corrected chi connectivity index (χ3v) is 1.61. The van der Waals surface area contributed by atoms with Gasteiger partial charge in [-0.2, -0.15) is 0 Å². The second-order valence-corrected chi connectivity index (χ2v) is 2.35. The molecule has 0 fully saturated rings. The summed E-state index contributed by atoms with van der Waals surface area (Å²) in [5.41, 5.74) is 0.662. The summed E-state index contributed by atoms with van der Waals surface area (Å²) in [6.07, 6.45) is 1.67. The topological polar surface area (TPSA) is 33.1 Å². The minimum Gasteiger partial charge on any atom is -0.506 e. The maximum Gasteiger partial charge on any atom is 0.141 e. The minimum atomic E-state index is 0. The fourth-order valence-corrected chi connectivity index (χ4v) is 1.09. The van der Waals surface area contributed by atoms with Crippen LogP contribution in [0.1, 0.15) is 0 Å². The van der Waals surface area contributed by atoms with Gasteiger partial charge in [0.2, 0.25) is 0 Å². The van der Waals surface area contributed by atoms with Crippen molar-refractivity contribution >= 4 is 28.3 Å². The summed E-state index contributed by atoms with van der Waals surface area (Å²) in [5.74, 6) is 0.239. The first-order valence-electron chi connectivity index (χ1n) is 3.40. The second kappa shape index (κ2) is 7.63. The van der Waals surface area contributed by atoms with Crippen LogP contribution in [0, 0.1) is 0 Å². The maximum atomic E-state index is 9.31. The number of pyridine rings is 1. The maximum absolute atomic E-state index is 9.31. The van der Waals surface area contributed by atoms with Crippen molar-refractivity contribution in [2.45, 2.75) is 0 Å². The number of benzene rings is 1. The van der Waals surface area contributed by atoms with Crippen LogP contribution in [0.2, 0.25) is 0 Å². The number of para-hydroxylation sites is 1. The Hall–Kier alpha value is 0.365. The fourth-order valence-electron chi connectivity index (χ4n) is 1.09. The SMILES string of the molecule is Oc1cccc2cccnc12.[Al].[Cu].[Zr]. The van der Waals surface area contributed by atoms with E-state index < -0.39 is 0 Å². The van der Waals surface area contributed by atoms with Crippen molar-refractivity contribution in [3.63, 3.8) is 0 Å². The molecule has 2 aromatic rings. The van der Waals surface area contributed by atoms with E-state index in [9.17, 15) is 5.11 Å². The van der Waals surface area contributed by atoms with Gasteiger partial charge < -0.3 is 5.11 Å². The number of fused-ring (bicyclic) bond motifs is 1. The number of phenolic OH excluding ortho intramolecular Hbond substituents is 1. The van der Waals surface area contributed by atoms with E-state index >= 15 is 0 Å². The molecule has 0 spiro atoms. The van der Waals surface area contributed by atoms with Crippen LogP contribution in [0.3, 0.4) is 0 Å². The van der Waals surface area contributed by atoms with Crippen molar-refractivity contribution in [2.24, 2.45) is 0 Å². The molecule has 2 rings (SSSR count). The largest absolute Gasteiger partial charge is 0.506 e. The Bertz CT molecular complexity index is 394. The second-order valence-electron chi connectivity index (χ2n) is 2.35. The van der Waals surface area contributed by atoms with E-state index in [0.29, 0.717) is 5.52 Å². The van der Waals surface area contributed by atoms with Crippen molar-refractivity contribution in [3.8, 4) is 5.75 Å². The summed E-state index contributed by atoms with van der Waals surface area (Å²) in [6, 6.07) is 9.13. The van der Waals surface area contributed by atoms with Crippen LogP contribution in [0.5, 0.6) is 5.75 Å². The molecule has 1 aromatic carbocycles. The predicted molar refractivity (Wildman–Crippen MR) is 49.2 cm³/mol. The van der Waals surface area contributed by atoms with Crippen LogP contribution in [-0.2, 0) is 43.3 Å². The van der Waals surface area contributed by atoms with Crippen LogP contribution in [-0.4, -0.2) is 27.5 Å². The van der Waals surface area contributed by atoms with Crippen LogP contribution in [0.25, 0.3) is 10.9 Å². The number of hydrogen-bond acceptors (Lipinski definition) is 2. The zero-order valence-corrected chi connectivity index (χ0v) is 11.8. The first kappa shape index (κ1) is 16.8. The van der Waals surface area contributed by atoms with Crippen LogP contribution < -0.4 is 0 Å². The van der Waals surface area contributed by atoms with Gasteiger partial charge in [-0.1, -0.05) is 18.2 Å². The van der Waals surface area contributed by atoms with E-state index in [-0.39, 0.29) is 66.4 Å². The summed E-state index contributed by atoms with van der Waals surface area (Å²) in [4.78, 5) is 4.03. The molecule has 0 amide bonds. The zero-order chi connectivity index (χ0) is 7.68. The number of phenols is 1. The summed E-state index contributed by atoms with van der Waals surface area (Å²) in [5, 5.41) is 10.3. The Balaban J connectivity index is 0. The van der Waals surface area contributed by atoms with E-state index in [4.69, 9.17) is 0 Å². The van der Waals surface area contributed by atoms with Gasteiger partial charge in [-0.25, -0.2) is 0 Å². The van der Waals surface area contributed by atoms with E-state index in [1.54, 1.807) is 18.3 Å². The quantitative estimate of drug-likeness (QED) is 0.745. The summed E-state index contributed by atoms with van der Waals surface area (Å²) in [6.45, 7) is 0. The molecule has 1 N–H and O–H groups in total. The van der Waals surface area contributed by atoms with Gasteiger partial charge in [-0.3, -0.25) is 4.98 Å². The predicted octanol–water partition coefficient (Wildman–Crippen LogP) is 1.55. The van der Waals surface area contributed by atoms with Gasteiger partial charge in [0, 0.05) is 72.2 Å². The number of nitrogens with zero attached hydrogens (tertiary/aromatic N) is 1. The Morgan fingerprint density at radius 3 is 2.36 bits per heavy atom. The monoisotopic (exact) mass is 325 g/mol. The molecule has 0 saturated heterocycles. The number of aromatic hydroxyl groups is 1. The normalized spacial score (nSPS) is 8.00. The van der Waals surface area contributed by atoms with E-state index in [1.807, 2.05) is 18.2 Å². The molecule has 14 heavy (non-hydrogen) atoms. The van der Waals surface area contributed by atoms with E-state index in [0.717, 1.165) is 5.39 Å². The van der Waals surface area contributed by atoms with Gasteiger partial charge in [0.1, 0.15) is 11.3 Å². The molecule has 1 aromatic heterocycles. The smallest absolute Gasteiger partial charge is 0.141 e. The third kappa shape index (κ3) is 3.50. The average Bonchev–Trinajstić information content (AvgIpc) is 2.06. The Kier molecular flexibility index (Phi) is 9.15. The number of hydrogen-bond donors (Lipinski definition) is 1. The van der Waals surface area contributed by atoms with Gasteiger partial charge in [0.25, 0.3) is 0 Å². The van der Waals surface area contributed by atoms with Crippen molar-refractivity contribution in [1.82, 2.24) is 4.98 Å². The molecule has 0 saturated carbocycles. The summed E-state index contributed by atoms with van der Waals surface area (Å²) < 4.78 is 0. The molecule has 0 aliphatic heterocycles. The van der Waals surface area contributed by atoms with Crippen molar-refractivity contribution in [3.05, 3.63) is 36.5 Å². The Morgan fingerprint density at radius 1 is 1.07 bits per heavy atom. The Labute approximate surface area is 123 Å². The number of aromatic nitrogens is 1. The van der Waals surface area contributed by atoms with Crippen LogP contribution in [0.15, 0.2) is 36.5 Å². The molecular weight excluding hydrogens is 320 g/mol.